The number of benzene rings is 2. The molecular formula is C19H21N3O. The maximum atomic E-state index is 5.68. The predicted octanol–water partition coefficient (Wildman–Crippen LogP) is 3.44. The van der Waals surface area contributed by atoms with Crippen molar-refractivity contribution < 1.29 is 4.74 Å². The summed E-state index contributed by atoms with van der Waals surface area (Å²) in [5, 5.41) is 4.71. The minimum absolute atomic E-state index is 0.592. The van der Waals surface area contributed by atoms with E-state index in [2.05, 4.69) is 30.3 Å². The molecule has 0 bridgehead atoms. The number of hydrogen-bond acceptors (Lipinski definition) is 3. The van der Waals surface area contributed by atoms with Crippen LogP contribution in [-0.4, -0.2) is 22.9 Å². The molecular weight excluding hydrogens is 286 g/mol. The summed E-state index contributed by atoms with van der Waals surface area (Å²) in [4.78, 5) is 0. The smallest absolute Gasteiger partial charge is 0.119 e. The van der Waals surface area contributed by atoms with Crippen LogP contribution in [0.2, 0.25) is 0 Å². The van der Waals surface area contributed by atoms with Gasteiger partial charge in [-0.1, -0.05) is 18.2 Å². The molecule has 0 aliphatic rings. The molecule has 0 spiro atoms. The second-order valence-corrected chi connectivity index (χ2v) is 5.26. The van der Waals surface area contributed by atoms with Crippen molar-refractivity contribution >= 4 is 0 Å². The Kier molecular flexibility index (Phi) is 4.74. The summed E-state index contributed by atoms with van der Waals surface area (Å²) >= 11 is 0. The quantitative estimate of drug-likeness (QED) is 0.759. The monoisotopic (exact) mass is 307 g/mol. The lowest BCUT2D eigenvalue weighted by Crippen LogP contribution is -2.04. The Bertz CT molecular complexity index is 748. The van der Waals surface area contributed by atoms with Crippen molar-refractivity contribution in [3.05, 3.63) is 66.4 Å². The molecule has 118 valence electrons. The first-order valence-corrected chi connectivity index (χ1v) is 7.89. The molecule has 4 nitrogen and oxygen atoms in total. The van der Waals surface area contributed by atoms with Gasteiger partial charge in [-0.3, -0.25) is 0 Å². The normalized spacial score (nSPS) is 10.7. The fourth-order valence-electron chi connectivity index (χ4n) is 2.56. The van der Waals surface area contributed by atoms with E-state index in [1.807, 2.05) is 41.9 Å². The van der Waals surface area contributed by atoms with Crippen LogP contribution in [0.25, 0.3) is 16.9 Å². The van der Waals surface area contributed by atoms with Gasteiger partial charge in [-0.2, -0.15) is 5.10 Å². The van der Waals surface area contributed by atoms with Gasteiger partial charge in [-0.25, -0.2) is 4.68 Å². The van der Waals surface area contributed by atoms with Crippen LogP contribution in [0.15, 0.2) is 60.7 Å². The van der Waals surface area contributed by atoms with E-state index in [1.165, 1.54) is 0 Å². The second kappa shape index (κ2) is 7.11. The molecule has 3 rings (SSSR count). The highest BCUT2D eigenvalue weighted by Gasteiger charge is 2.11. The van der Waals surface area contributed by atoms with Gasteiger partial charge in [0.25, 0.3) is 0 Å². The fraction of sp³-hybridized carbons (Fsp3) is 0.211. The van der Waals surface area contributed by atoms with Gasteiger partial charge in [0.05, 0.1) is 23.7 Å². The van der Waals surface area contributed by atoms with Crippen molar-refractivity contribution in [3.63, 3.8) is 0 Å². The summed E-state index contributed by atoms with van der Waals surface area (Å²) < 4.78 is 7.49. The van der Waals surface area contributed by atoms with Crippen molar-refractivity contribution in [2.24, 2.45) is 5.73 Å². The molecule has 2 N–H and O–H groups in total. The first-order valence-electron chi connectivity index (χ1n) is 7.89. The van der Waals surface area contributed by atoms with Gasteiger partial charge in [0.1, 0.15) is 5.75 Å². The summed E-state index contributed by atoms with van der Waals surface area (Å²) in [6.45, 7) is 3.24. The fourth-order valence-corrected chi connectivity index (χ4v) is 2.56. The van der Waals surface area contributed by atoms with E-state index in [4.69, 9.17) is 15.6 Å². The molecule has 0 saturated heterocycles. The molecule has 3 aromatic rings. The largest absolute Gasteiger partial charge is 0.494 e. The Hall–Kier alpha value is -2.59. The lowest BCUT2D eigenvalue weighted by Gasteiger charge is -2.08. The third kappa shape index (κ3) is 3.43. The number of hydrogen-bond donors (Lipinski definition) is 1. The second-order valence-electron chi connectivity index (χ2n) is 5.26. The number of ether oxygens (including phenoxy) is 1. The lowest BCUT2D eigenvalue weighted by atomic mass is 10.1. The Morgan fingerprint density at radius 3 is 2.43 bits per heavy atom. The third-order valence-electron chi connectivity index (χ3n) is 3.62. The number of nitrogens with two attached hydrogens (primary N) is 1. The highest BCUT2D eigenvalue weighted by atomic mass is 16.5. The van der Waals surface area contributed by atoms with Gasteiger partial charge >= 0.3 is 0 Å². The van der Waals surface area contributed by atoms with Crippen LogP contribution in [0, 0.1) is 0 Å². The number of aromatic nitrogens is 2. The molecule has 0 amide bonds. The Morgan fingerprint density at radius 2 is 1.78 bits per heavy atom. The predicted molar refractivity (Wildman–Crippen MR) is 92.9 cm³/mol. The van der Waals surface area contributed by atoms with E-state index >= 15 is 0 Å². The van der Waals surface area contributed by atoms with E-state index in [-0.39, 0.29) is 0 Å². The zero-order valence-corrected chi connectivity index (χ0v) is 13.3. The van der Waals surface area contributed by atoms with Crippen molar-refractivity contribution in [3.8, 4) is 22.7 Å². The van der Waals surface area contributed by atoms with Gasteiger partial charge in [0.2, 0.25) is 0 Å². The van der Waals surface area contributed by atoms with Crippen molar-refractivity contribution in [1.29, 1.82) is 0 Å². The highest BCUT2D eigenvalue weighted by molar-refractivity contribution is 5.63. The van der Waals surface area contributed by atoms with Crippen molar-refractivity contribution in [2.75, 3.05) is 13.2 Å². The molecule has 0 atom stereocenters. The average molecular weight is 307 g/mol. The minimum Gasteiger partial charge on any atom is -0.494 e. The highest BCUT2D eigenvalue weighted by Crippen LogP contribution is 2.26. The number of rotatable bonds is 6. The van der Waals surface area contributed by atoms with Crippen molar-refractivity contribution in [1.82, 2.24) is 9.78 Å². The molecule has 0 aliphatic carbocycles. The van der Waals surface area contributed by atoms with Gasteiger partial charge in [0.15, 0.2) is 0 Å². The maximum Gasteiger partial charge on any atom is 0.119 e. The zero-order chi connectivity index (χ0) is 16.1. The summed E-state index contributed by atoms with van der Waals surface area (Å²) in [5.41, 5.74) is 9.89. The van der Waals surface area contributed by atoms with Crippen LogP contribution in [0.5, 0.6) is 5.75 Å². The first-order chi connectivity index (χ1) is 11.3. The molecule has 1 heterocycles. The molecule has 0 saturated carbocycles. The number of nitrogens with zero attached hydrogens (tertiary/aromatic N) is 2. The van der Waals surface area contributed by atoms with E-state index in [0.29, 0.717) is 13.2 Å². The molecule has 1 aromatic heterocycles. The summed E-state index contributed by atoms with van der Waals surface area (Å²) in [6, 6.07) is 20.4. The molecule has 0 aliphatic heterocycles. The topological polar surface area (TPSA) is 53.1 Å². The Labute approximate surface area is 136 Å². The van der Waals surface area contributed by atoms with E-state index in [1.54, 1.807) is 0 Å². The zero-order valence-electron chi connectivity index (χ0n) is 13.3. The van der Waals surface area contributed by atoms with Crippen LogP contribution in [-0.2, 0) is 6.42 Å². The molecule has 0 radical (unpaired) electrons. The van der Waals surface area contributed by atoms with Gasteiger partial charge < -0.3 is 10.5 Å². The Balaban J connectivity index is 2.03. The molecule has 23 heavy (non-hydrogen) atoms. The third-order valence-corrected chi connectivity index (χ3v) is 3.62. The standard InChI is InChI=1S/C19H21N3O/c1-2-23-18-10-8-15(9-11-18)19-14-16(12-13-20)21-22(19)17-6-4-3-5-7-17/h3-11,14H,2,12-13,20H2,1H3. The Morgan fingerprint density at radius 1 is 1.04 bits per heavy atom. The average Bonchev–Trinajstić information content (AvgIpc) is 3.01. The van der Waals surface area contributed by atoms with E-state index < -0.39 is 0 Å². The van der Waals surface area contributed by atoms with Crippen LogP contribution >= 0.6 is 0 Å². The SMILES string of the molecule is CCOc1ccc(-c2cc(CCN)nn2-c2ccccc2)cc1. The number of para-hydroxylation sites is 1. The van der Waals surface area contributed by atoms with Crippen LogP contribution in [0.4, 0.5) is 0 Å². The molecule has 2 aromatic carbocycles. The molecule has 0 fully saturated rings. The van der Waals surface area contributed by atoms with Gasteiger partial charge in [-0.05, 0) is 55.9 Å². The van der Waals surface area contributed by atoms with Crippen LogP contribution < -0.4 is 10.5 Å². The molecule has 4 heteroatoms. The van der Waals surface area contributed by atoms with Gasteiger partial charge in [-0.15, -0.1) is 0 Å². The van der Waals surface area contributed by atoms with Gasteiger partial charge in [0, 0.05) is 12.0 Å². The lowest BCUT2D eigenvalue weighted by molar-refractivity contribution is 0.340. The summed E-state index contributed by atoms with van der Waals surface area (Å²) in [7, 11) is 0. The summed E-state index contributed by atoms with van der Waals surface area (Å²) in [5.74, 6) is 0.879. The minimum atomic E-state index is 0.592. The van der Waals surface area contributed by atoms with Crippen LogP contribution in [0.3, 0.4) is 0 Å². The maximum absolute atomic E-state index is 5.68. The molecule has 0 unspecified atom stereocenters. The van der Waals surface area contributed by atoms with Crippen LogP contribution in [0.1, 0.15) is 12.6 Å². The summed E-state index contributed by atoms with van der Waals surface area (Å²) in [6.07, 6.45) is 0.768. The van der Waals surface area contributed by atoms with E-state index in [9.17, 15) is 0 Å². The van der Waals surface area contributed by atoms with E-state index in [0.717, 1.165) is 34.8 Å². The van der Waals surface area contributed by atoms with Crippen molar-refractivity contribution in [2.45, 2.75) is 13.3 Å². The first kappa shape index (κ1) is 15.3.